The Kier molecular flexibility index (Phi) is 4.38. The van der Waals surface area contributed by atoms with Gasteiger partial charge in [0.2, 0.25) is 5.95 Å². The first-order chi connectivity index (χ1) is 13.5. The molecule has 28 heavy (non-hydrogen) atoms. The number of anilines is 1. The Balaban J connectivity index is 1.70. The smallest absolute Gasteiger partial charge is 0.207 e. The number of imidazole rings is 1. The molecule has 148 valence electrons. The largest absolute Gasteiger partial charge is 0.394 e. The second-order valence-electron chi connectivity index (χ2n) is 7.24. The van der Waals surface area contributed by atoms with Crippen LogP contribution in [0.4, 0.5) is 5.95 Å². The van der Waals surface area contributed by atoms with Crippen LogP contribution in [0.2, 0.25) is 10.0 Å². The average molecular weight is 425 g/mol. The molecule has 4 N–H and O–H groups in total. The lowest BCUT2D eigenvalue weighted by Gasteiger charge is -2.20. The lowest BCUT2D eigenvalue weighted by Crippen LogP contribution is -2.33. The highest BCUT2D eigenvalue weighted by Crippen LogP contribution is 2.37. The number of nitrogens with zero attached hydrogens (tertiary/aromatic N) is 3. The maximum absolute atomic E-state index is 10.5. The number of nitrogens with one attached hydrogen (secondary N) is 1. The van der Waals surface area contributed by atoms with Crippen LogP contribution in [0, 0.1) is 0 Å². The Hall–Kier alpha value is -1.68. The number of aromatic nitrogens is 3. The monoisotopic (exact) mass is 424 g/mol. The lowest BCUT2D eigenvalue weighted by atomic mass is 10.1. The molecule has 1 saturated heterocycles. The zero-order valence-electron chi connectivity index (χ0n) is 14.6. The van der Waals surface area contributed by atoms with Crippen molar-refractivity contribution in [3.05, 3.63) is 28.2 Å². The van der Waals surface area contributed by atoms with E-state index in [9.17, 15) is 15.3 Å². The van der Waals surface area contributed by atoms with E-state index in [0.29, 0.717) is 38.7 Å². The molecular weight excluding hydrogens is 407 g/mol. The molecule has 10 heteroatoms. The van der Waals surface area contributed by atoms with E-state index >= 15 is 0 Å². The van der Waals surface area contributed by atoms with Crippen molar-refractivity contribution in [2.24, 2.45) is 0 Å². The summed E-state index contributed by atoms with van der Waals surface area (Å²) in [7, 11) is 0. The van der Waals surface area contributed by atoms with E-state index in [1.807, 2.05) is 6.07 Å². The summed E-state index contributed by atoms with van der Waals surface area (Å²) in [6.07, 6.45) is -2.17. The van der Waals surface area contributed by atoms with E-state index in [1.165, 1.54) is 0 Å². The number of aliphatic hydroxyl groups excluding tert-OH is 3. The Morgan fingerprint density at radius 2 is 1.86 bits per heavy atom. The molecule has 2 aliphatic rings. The molecule has 0 amide bonds. The molecule has 3 heterocycles. The van der Waals surface area contributed by atoms with Crippen LogP contribution >= 0.6 is 23.2 Å². The summed E-state index contributed by atoms with van der Waals surface area (Å²) in [5.41, 5.74) is 1.71. The molecule has 5 rings (SSSR count). The summed E-state index contributed by atoms with van der Waals surface area (Å²) in [5.74, 6) is 0.493. The van der Waals surface area contributed by atoms with Gasteiger partial charge in [0.15, 0.2) is 11.9 Å². The van der Waals surface area contributed by atoms with Crippen LogP contribution in [0.3, 0.4) is 0 Å². The van der Waals surface area contributed by atoms with E-state index in [0.717, 1.165) is 18.2 Å². The molecular formula is C18H18Cl2N4O4. The third kappa shape index (κ3) is 2.92. The van der Waals surface area contributed by atoms with Crippen molar-refractivity contribution < 1.29 is 20.1 Å². The highest BCUT2D eigenvalue weighted by atomic mass is 35.5. The molecule has 2 fully saturated rings. The number of aliphatic hydroxyl groups is 3. The van der Waals surface area contributed by atoms with Crippen LogP contribution in [-0.2, 0) is 4.74 Å². The summed E-state index contributed by atoms with van der Waals surface area (Å²) in [4.78, 5) is 9.16. The zero-order chi connectivity index (χ0) is 19.6. The fourth-order valence-corrected chi connectivity index (χ4v) is 3.87. The molecule has 8 nitrogen and oxygen atoms in total. The van der Waals surface area contributed by atoms with Gasteiger partial charge in [0.05, 0.1) is 27.7 Å². The summed E-state index contributed by atoms with van der Waals surface area (Å²) < 4.78 is 7.43. The second kappa shape index (κ2) is 6.69. The predicted octanol–water partition coefficient (Wildman–Crippen LogP) is 2.08. The molecule has 0 bridgehead atoms. The molecule has 4 atom stereocenters. The molecule has 0 spiro atoms. The minimum absolute atomic E-state index is 0.297. The quantitative estimate of drug-likeness (QED) is 0.506. The van der Waals surface area contributed by atoms with Gasteiger partial charge in [-0.15, -0.1) is 0 Å². The fraction of sp³-hybridized carbons (Fsp3) is 0.444. The number of pyridine rings is 1. The third-order valence-electron chi connectivity index (χ3n) is 5.20. The fourth-order valence-electron chi connectivity index (χ4n) is 3.54. The van der Waals surface area contributed by atoms with Gasteiger partial charge < -0.3 is 25.4 Å². The molecule has 2 aromatic heterocycles. The highest BCUT2D eigenvalue weighted by molar-refractivity contribution is 6.42. The van der Waals surface area contributed by atoms with Crippen LogP contribution in [0.5, 0.6) is 0 Å². The van der Waals surface area contributed by atoms with Gasteiger partial charge >= 0.3 is 0 Å². The molecule has 1 unspecified atom stereocenters. The average Bonchev–Trinajstić information content (AvgIpc) is 3.36. The van der Waals surface area contributed by atoms with Crippen LogP contribution in [0.1, 0.15) is 19.1 Å². The number of ether oxygens (including phenoxy) is 1. The number of benzene rings is 1. The van der Waals surface area contributed by atoms with Crippen molar-refractivity contribution in [1.29, 1.82) is 0 Å². The zero-order valence-corrected chi connectivity index (χ0v) is 16.1. The lowest BCUT2D eigenvalue weighted by molar-refractivity contribution is -0.0499. The van der Waals surface area contributed by atoms with E-state index in [4.69, 9.17) is 27.9 Å². The number of fused-ring (bicyclic) bond motifs is 2. The van der Waals surface area contributed by atoms with Crippen molar-refractivity contribution in [2.75, 3.05) is 11.9 Å². The first-order valence-electron chi connectivity index (χ1n) is 9.03. The first-order valence-corrected chi connectivity index (χ1v) is 9.78. The van der Waals surface area contributed by atoms with Gasteiger partial charge in [-0.05, 0) is 31.0 Å². The van der Waals surface area contributed by atoms with Gasteiger partial charge in [-0.1, -0.05) is 23.2 Å². The van der Waals surface area contributed by atoms with Gasteiger partial charge in [-0.25, -0.2) is 4.98 Å². The molecule has 1 aliphatic carbocycles. The maximum Gasteiger partial charge on any atom is 0.207 e. The minimum Gasteiger partial charge on any atom is -0.394 e. The van der Waals surface area contributed by atoms with Crippen LogP contribution < -0.4 is 5.32 Å². The topological polar surface area (TPSA) is 113 Å². The predicted molar refractivity (Wildman–Crippen MR) is 105 cm³/mol. The molecule has 1 saturated carbocycles. The number of halogens is 2. The number of hydrogen-bond acceptors (Lipinski definition) is 7. The van der Waals surface area contributed by atoms with Crippen molar-refractivity contribution in [2.45, 2.75) is 43.4 Å². The summed E-state index contributed by atoms with van der Waals surface area (Å²) >= 11 is 12.3. The van der Waals surface area contributed by atoms with E-state index in [2.05, 4.69) is 15.3 Å². The Labute approximate surface area is 169 Å². The van der Waals surface area contributed by atoms with Gasteiger partial charge in [0.25, 0.3) is 0 Å². The summed E-state index contributed by atoms with van der Waals surface area (Å²) in [6.45, 7) is -0.401. The second-order valence-corrected chi connectivity index (χ2v) is 8.06. The standard InChI is InChI=1S/C18H18Cl2N4O4/c19-9-3-7-4-12-16(22-11(7)5-10(9)20)23-18(21-8-1-2-8)24(12)17-15(27)14(26)13(6-25)28-17/h3-5,8,13-15,17,25-27H,1-2,6H2,(H,21,22,23)/t13-,14-,15-,17?/m1/s1. The SMILES string of the molecule is OC[C@H]1OC(n2c(NC3CC3)nc3nc4cc(Cl)c(Cl)cc4cc32)[C@H](O)[C@@H]1O. The van der Waals surface area contributed by atoms with Crippen LogP contribution in [0.25, 0.3) is 22.1 Å². The first kappa shape index (κ1) is 18.4. The van der Waals surface area contributed by atoms with Gasteiger partial charge in [0, 0.05) is 11.4 Å². The summed E-state index contributed by atoms with van der Waals surface area (Å²) in [5, 5.41) is 35.0. The van der Waals surface area contributed by atoms with Gasteiger partial charge in [0.1, 0.15) is 18.3 Å². The summed E-state index contributed by atoms with van der Waals surface area (Å²) in [6, 6.07) is 5.54. The van der Waals surface area contributed by atoms with Crippen molar-refractivity contribution in [3.63, 3.8) is 0 Å². The van der Waals surface area contributed by atoms with Crippen LogP contribution in [-0.4, -0.2) is 60.8 Å². The van der Waals surface area contributed by atoms with E-state index in [1.54, 1.807) is 16.7 Å². The van der Waals surface area contributed by atoms with Crippen molar-refractivity contribution in [1.82, 2.24) is 14.5 Å². The Bertz CT molecular complexity index is 1070. The Morgan fingerprint density at radius 3 is 2.54 bits per heavy atom. The number of rotatable bonds is 4. The van der Waals surface area contributed by atoms with E-state index in [-0.39, 0.29) is 0 Å². The van der Waals surface area contributed by atoms with Crippen LogP contribution in [0.15, 0.2) is 18.2 Å². The van der Waals surface area contributed by atoms with Crippen molar-refractivity contribution in [3.8, 4) is 0 Å². The number of hydrogen-bond donors (Lipinski definition) is 4. The van der Waals surface area contributed by atoms with E-state index < -0.39 is 31.1 Å². The molecule has 1 aromatic carbocycles. The van der Waals surface area contributed by atoms with Gasteiger partial charge in [-0.2, -0.15) is 4.98 Å². The Morgan fingerprint density at radius 1 is 1.11 bits per heavy atom. The molecule has 3 aromatic rings. The van der Waals surface area contributed by atoms with Gasteiger partial charge in [-0.3, -0.25) is 4.57 Å². The molecule has 1 aliphatic heterocycles. The minimum atomic E-state index is -1.22. The van der Waals surface area contributed by atoms with Crippen molar-refractivity contribution >= 4 is 51.2 Å². The third-order valence-corrected chi connectivity index (χ3v) is 5.92. The highest BCUT2D eigenvalue weighted by Gasteiger charge is 2.45. The molecule has 0 radical (unpaired) electrons. The normalized spacial score (nSPS) is 27.8. The maximum atomic E-state index is 10.5.